The van der Waals surface area contributed by atoms with E-state index in [0.29, 0.717) is 17.1 Å². The molecule has 2 aromatic rings. The second kappa shape index (κ2) is 5.69. The largest absolute Gasteiger partial charge is 0.383 e. The highest BCUT2D eigenvalue weighted by Gasteiger charge is 2.13. The Hall–Kier alpha value is -1.81. The van der Waals surface area contributed by atoms with E-state index < -0.39 is 0 Å². The predicted molar refractivity (Wildman–Crippen MR) is 74.9 cm³/mol. The lowest BCUT2D eigenvalue weighted by molar-refractivity contribution is 0.102. The molecular weight excluding hydrogens is 244 g/mol. The van der Waals surface area contributed by atoms with Crippen LogP contribution in [0.4, 0.5) is 5.82 Å². The Morgan fingerprint density at radius 2 is 2.00 bits per heavy atom. The predicted octanol–water partition coefficient (Wildman–Crippen LogP) is 2.95. The molecule has 0 aliphatic rings. The van der Waals surface area contributed by atoms with Crippen molar-refractivity contribution in [2.75, 3.05) is 11.5 Å². The molecule has 0 saturated carbocycles. The van der Waals surface area contributed by atoms with Gasteiger partial charge in [0.15, 0.2) is 5.78 Å². The Morgan fingerprint density at radius 1 is 1.28 bits per heavy atom. The third kappa shape index (κ3) is 2.90. The zero-order valence-corrected chi connectivity index (χ0v) is 10.9. The molecular formula is C14H14N2OS. The molecule has 0 bridgehead atoms. The number of aromatic nitrogens is 1. The van der Waals surface area contributed by atoms with Crippen molar-refractivity contribution in [1.82, 2.24) is 4.98 Å². The van der Waals surface area contributed by atoms with Gasteiger partial charge in [-0.15, -0.1) is 11.8 Å². The van der Waals surface area contributed by atoms with Crippen LogP contribution in [-0.2, 0) is 0 Å². The van der Waals surface area contributed by atoms with Gasteiger partial charge in [0, 0.05) is 11.1 Å². The lowest BCUT2D eigenvalue weighted by Crippen LogP contribution is -2.10. The summed E-state index contributed by atoms with van der Waals surface area (Å²) in [6.45, 7) is 1.87. The molecule has 4 heteroatoms. The molecule has 92 valence electrons. The molecule has 2 N–H and O–H groups in total. The number of aryl methyl sites for hydroxylation is 1. The van der Waals surface area contributed by atoms with Crippen molar-refractivity contribution in [2.24, 2.45) is 0 Å². The van der Waals surface area contributed by atoms with Crippen LogP contribution in [0.5, 0.6) is 0 Å². The van der Waals surface area contributed by atoms with E-state index in [4.69, 9.17) is 5.73 Å². The summed E-state index contributed by atoms with van der Waals surface area (Å²) in [7, 11) is 0. The van der Waals surface area contributed by atoms with Gasteiger partial charge in [0.2, 0.25) is 0 Å². The van der Waals surface area contributed by atoms with Gasteiger partial charge < -0.3 is 5.73 Å². The van der Waals surface area contributed by atoms with Crippen molar-refractivity contribution in [2.45, 2.75) is 11.8 Å². The van der Waals surface area contributed by atoms with Gasteiger partial charge in [-0.1, -0.05) is 18.2 Å². The molecule has 0 fully saturated rings. The van der Waals surface area contributed by atoms with E-state index in [1.807, 2.05) is 37.3 Å². The van der Waals surface area contributed by atoms with Crippen LogP contribution in [-0.4, -0.2) is 16.5 Å². The van der Waals surface area contributed by atoms with Crippen molar-refractivity contribution in [1.29, 1.82) is 0 Å². The number of rotatable bonds is 4. The van der Waals surface area contributed by atoms with Gasteiger partial charge in [-0.25, -0.2) is 4.98 Å². The number of carbonyl (C=O) groups excluding carboxylic acids is 1. The van der Waals surface area contributed by atoms with Gasteiger partial charge in [-0.05, 0) is 30.7 Å². The number of ketones is 1. The number of hydrogen-bond donors (Lipinski definition) is 1. The molecule has 2 rings (SSSR count). The topological polar surface area (TPSA) is 56.0 Å². The van der Waals surface area contributed by atoms with Gasteiger partial charge in [-0.2, -0.15) is 0 Å². The molecule has 0 unspecified atom stereocenters. The number of Topliss-reactive ketones (excluding diaryl/α,β-unsaturated/α-hetero) is 1. The third-order valence-electron chi connectivity index (χ3n) is 2.58. The number of thioether (sulfide) groups is 1. The van der Waals surface area contributed by atoms with Crippen LogP contribution >= 0.6 is 11.8 Å². The molecule has 0 atom stereocenters. The number of nitrogens with zero attached hydrogens (tertiary/aromatic N) is 1. The number of hydrogen-bond acceptors (Lipinski definition) is 4. The van der Waals surface area contributed by atoms with Crippen LogP contribution in [0.25, 0.3) is 0 Å². The maximum Gasteiger partial charge on any atom is 0.177 e. The van der Waals surface area contributed by atoms with Gasteiger partial charge in [0.05, 0.1) is 11.3 Å². The maximum absolute atomic E-state index is 12.1. The number of carbonyl (C=O) groups is 1. The van der Waals surface area contributed by atoms with E-state index >= 15 is 0 Å². The Kier molecular flexibility index (Phi) is 3.99. The van der Waals surface area contributed by atoms with E-state index in [1.165, 1.54) is 11.8 Å². The van der Waals surface area contributed by atoms with Gasteiger partial charge >= 0.3 is 0 Å². The summed E-state index contributed by atoms with van der Waals surface area (Å²) in [6.07, 6.45) is 1.62. The first-order valence-corrected chi connectivity index (χ1v) is 6.59. The van der Waals surface area contributed by atoms with Crippen molar-refractivity contribution >= 4 is 23.4 Å². The number of benzene rings is 1. The molecule has 0 spiro atoms. The number of anilines is 1. The number of nitrogens with two attached hydrogens (primary N) is 1. The molecule has 3 nitrogen and oxygen atoms in total. The Balaban J connectivity index is 2.09. The van der Waals surface area contributed by atoms with E-state index in [-0.39, 0.29) is 5.78 Å². The standard InChI is InChI=1S/C14H14N2OS/c1-10-7-8-16-14(15)13(10)12(17)9-18-11-5-3-2-4-6-11/h2-8H,9H2,1H3,(H2,15,16). The minimum absolute atomic E-state index is 0.0203. The first kappa shape index (κ1) is 12.6. The second-order valence-electron chi connectivity index (χ2n) is 3.91. The SMILES string of the molecule is Cc1ccnc(N)c1C(=O)CSc1ccccc1. The van der Waals surface area contributed by atoms with Gasteiger partial charge in [0.1, 0.15) is 5.82 Å². The van der Waals surface area contributed by atoms with Crippen LogP contribution in [0, 0.1) is 6.92 Å². The van der Waals surface area contributed by atoms with Crippen LogP contribution in [0.15, 0.2) is 47.5 Å². The monoisotopic (exact) mass is 258 g/mol. The minimum Gasteiger partial charge on any atom is -0.383 e. The Bertz CT molecular complexity index is 535. The fraction of sp³-hybridized carbons (Fsp3) is 0.143. The molecule has 0 aliphatic heterocycles. The summed E-state index contributed by atoms with van der Waals surface area (Å²) in [5.41, 5.74) is 7.17. The van der Waals surface area contributed by atoms with E-state index in [2.05, 4.69) is 4.98 Å². The number of pyridine rings is 1. The zero-order valence-electron chi connectivity index (χ0n) is 10.1. The summed E-state index contributed by atoms with van der Waals surface area (Å²) in [5.74, 6) is 0.710. The van der Waals surface area contributed by atoms with Crippen molar-refractivity contribution < 1.29 is 4.79 Å². The lowest BCUT2D eigenvalue weighted by atomic mass is 10.1. The maximum atomic E-state index is 12.1. The van der Waals surface area contributed by atoms with E-state index in [1.54, 1.807) is 12.3 Å². The van der Waals surface area contributed by atoms with Gasteiger partial charge in [-0.3, -0.25) is 4.79 Å². The van der Waals surface area contributed by atoms with Crippen molar-refractivity contribution in [3.05, 3.63) is 53.7 Å². The summed E-state index contributed by atoms with van der Waals surface area (Å²) in [6, 6.07) is 11.6. The van der Waals surface area contributed by atoms with Gasteiger partial charge in [0.25, 0.3) is 0 Å². The highest BCUT2D eigenvalue weighted by molar-refractivity contribution is 8.00. The lowest BCUT2D eigenvalue weighted by Gasteiger charge is -2.07. The molecule has 0 amide bonds. The second-order valence-corrected chi connectivity index (χ2v) is 4.96. The fourth-order valence-electron chi connectivity index (χ4n) is 1.68. The Labute approximate surface area is 110 Å². The van der Waals surface area contributed by atoms with Crippen LogP contribution in [0.1, 0.15) is 15.9 Å². The smallest absolute Gasteiger partial charge is 0.177 e. The Morgan fingerprint density at radius 3 is 2.67 bits per heavy atom. The quantitative estimate of drug-likeness (QED) is 0.676. The number of nitrogen functional groups attached to an aromatic ring is 1. The minimum atomic E-state index is 0.0203. The fourth-order valence-corrected chi connectivity index (χ4v) is 2.47. The molecule has 0 saturated heterocycles. The molecule has 1 aromatic heterocycles. The molecule has 1 aromatic carbocycles. The van der Waals surface area contributed by atoms with Crippen LogP contribution in [0.2, 0.25) is 0 Å². The molecule has 18 heavy (non-hydrogen) atoms. The molecule has 1 heterocycles. The van der Waals surface area contributed by atoms with Crippen LogP contribution < -0.4 is 5.73 Å². The average Bonchev–Trinajstić information content (AvgIpc) is 2.37. The zero-order chi connectivity index (χ0) is 13.0. The first-order chi connectivity index (χ1) is 8.68. The first-order valence-electron chi connectivity index (χ1n) is 5.60. The van der Waals surface area contributed by atoms with E-state index in [9.17, 15) is 4.79 Å². The highest BCUT2D eigenvalue weighted by Crippen LogP contribution is 2.21. The average molecular weight is 258 g/mol. The summed E-state index contributed by atoms with van der Waals surface area (Å²) in [4.78, 5) is 17.2. The van der Waals surface area contributed by atoms with Crippen LogP contribution in [0.3, 0.4) is 0 Å². The summed E-state index contributed by atoms with van der Waals surface area (Å²) in [5, 5.41) is 0. The summed E-state index contributed by atoms with van der Waals surface area (Å²) >= 11 is 1.51. The normalized spacial score (nSPS) is 10.3. The van der Waals surface area contributed by atoms with Crippen molar-refractivity contribution in [3.63, 3.8) is 0 Å². The third-order valence-corrected chi connectivity index (χ3v) is 3.59. The van der Waals surface area contributed by atoms with Crippen molar-refractivity contribution in [3.8, 4) is 0 Å². The highest BCUT2D eigenvalue weighted by atomic mass is 32.2. The molecule has 0 aliphatic carbocycles. The summed E-state index contributed by atoms with van der Waals surface area (Å²) < 4.78 is 0. The molecule has 0 radical (unpaired) electrons. The van der Waals surface area contributed by atoms with E-state index in [0.717, 1.165) is 10.5 Å².